The Morgan fingerprint density at radius 2 is 1.61 bits per heavy atom. The van der Waals surface area contributed by atoms with Gasteiger partial charge in [-0.1, -0.05) is 72.7 Å². The first kappa shape index (κ1) is 22.1. The number of allylic oxidation sites excluding steroid dienone is 2. The first-order chi connectivity index (χ1) is 16.0. The van der Waals surface area contributed by atoms with Crippen LogP contribution in [0.25, 0.3) is 5.57 Å². The summed E-state index contributed by atoms with van der Waals surface area (Å²) in [7, 11) is 0. The van der Waals surface area contributed by atoms with Gasteiger partial charge in [0.25, 0.3) is 0 Å². The van der Waals surface area contributed by atoms with E-state index in [0.717, 1.165) is 16.7 Å². The molecule has 2 unspecified atom stereocenters. The Kier molecular flexibility index (Phi) is 6.42. The molecule has 0 amide bonds. The van der Waals surface area contributed by atoms with Crippen molar-refractivity contribution in [3.63, 3.8) is 0 Å². The number of benzene rings is 3. The molecule has 3 aromatic carbocycles. The van der Waals surface area contributed by atoms with Crippen molar-refractivity contribution < 1.29 is 19.1 Å². The molecule has 0 radical (unpaired) electrons. The molecule has 164 valence electrons. The highest BCUT2D eigenvalue weighted by Crippen LogP contribution is 2.47. The van der Waals surface area contributed by atoms with Crippen molar-refractivity contribution in [2.45, 2.75) is 26.2 Å². The molecule has 0 bridgehead atoms. The minimum atomic E-state index is -0.472. The number of hydrogen-bond donors (Lipinski definition) is 0. The van der Waals surface area contributed by atoms with Crippen LogP contribution in [0.2, 0.25) is 0 Å². The Labute approximate surface area is 193 Å². The Bertz CT molecular complexity index is 1260. The average Bonchev–Trinajstić information content (AvgIpc) is 3.25. The summed E-state index contributed by atoms with van der Waals surface area (Å²) in [4.78, 5) is 25.4. The molecule has 33 heavy (non-hydrogen) atoms. The van der Waals surface area contributed by atoms with Gasteiger partial charge in [-0.05, 0) is 42.7 Å². The van der Waals surface area contributed by atoms with Crippen LogP contribution in [0, 0.1) is 25.4 Å². The highest BCUT2D eigenvalue weighted by atomic mass is 16.5. The van der Waals surface area contributed by atoms with E-state index in [-0.39, 0.29) is 17.5 Å². The van der Waals surface area contributed by atoms with Crippen molar-refractivity contribution in [1.29, 1.82) is 0 Å². The molecular formula is C29H24O4. The number of esters is 1. The fraction of sp³-hybridized carbons (Fsp3) is 0.172. The van der Waals surface area contributed by atoms with Crippen molar-refractivity contribution in [3.05, 3.63) is 101 Å². The molecule has 3 aromatic rings. The molecule has 1 aliphatic rings. The second-order valence-corrected chi connectivity index (χ2v) is 8.11. The van der Waals surface area contributed by atoms with Gasteiger partial charge in [0.2, 0.25) is 0 Å². The first-order valence-corrected chi connectivity index (χ1v) is 10.8. The predicted molar refractivity (Wildman–Crippen MR) is 128 cm³/mol. The van der Waals surface area contributed by atoms with Gasteiger partial charge in [0.1, 0.15) is 17.6 Å². The molecule has 1 aliphatic carbocycles. The summed E-state index contributed by atoms with van der Waals surface area (Å²) < 4.78 is 10.8. The zero-order chi connectivity index (χ0) is 23.4. The maximum Gasteiger partial charge on any atom is 0.308 e. The molecular weight excluding hydrogens is 412 g/mol. The van der Waals surface area contributed by atoms with Crippen LogP contribution in [0.15, 0.2) is 78.9 Å². The summed E-state index contributed by atoms with van der Waals surface area (Å²) in [6.07, 6.45) is 10.3. The van der Waals surface area contributed by atoms with E-state index in [0.29, 0.717) is 17.7 Å². The van der Waals surface area contributed by atoms with Crippen molar-refractivity contribution >= 4 is 17.3 Å². The van der Waals surface area contributed by atoms with Crippen LogP contribution in [-0.4, -0.2) is 11.8 Å². The molecule has 4 heteroatoms. The maximum absolute atomic E-state index is 13.8. The summed E-state index contributed by atoms with van der Waals surface area (Å²) >= 11 is 0. The lowest BCUT2D eigenvalue weighted by Gasteiger charge is -2.21. The second-order valence-electron chi connectivity index (χ2n) is 8.11. The SMILES string of the molecule is C#COc1ccccc1C1CC(c2ccc(C)cc2)=CC1C(=O)c1ccccc1OC(C)=O. The standard InChI is InChI=1S/C29H24O4/c1-4-32-27-11-7-5-9-23(27)25-17-22(21-15-13-19(2)14-16-21)18-26(25)29(31)24-10-6-8-12-28(24)33-20(3)30/h1,5-16,18,25-26H,17H2,2-3H3. The first-order valence-electron chi connectivity index (χ1n) is 10.8. The number of carbonyl (C=O) groups is 2. The van der Waals surface area contributed by atoms with Gasteiger partial charge in [0.05, 0.1) is 5.56 Å². The summed E-state index contributed by atoms with van der Waals surface area (Å²) in [6, 6.07) is 22.6. The van der Waals surface area contributed by atoms with Crippen LogP contribution in [0.4, 0.5) is 0 Å². The van der Waals surface area contributed by atoms with Gasteiger partial charge in [-0.2, -0.15) is 0 Å². The zero-order valence-corrected chi connectivity index (χ0v) is 18.6. The fourth-order valence-corrected chi connectivity index (χ4v) is 4.35. The second kappa shape index (κ2) is 9.58. The van der Waals surface area contributed by atoms with Gasteiger partial charge in [-0.25, -0.2) is 0 Å². The number of rotatable bonds is 6. The molecule has 0 N–H and O–H groups in total. The van der Waals surface area contributed by atoms with Crippen LogP contribution in [0.3, 0.4) is 0 Å². The minimum absolute atomic E-state index is 0.116. The number of para-hydroxylation sites is 2. The number of Topliss-reactive ketones (excluding diaryl/α,β-unsaturated/α-hetero) is 1. The third-order valence-corrected chi connectivity index (χ3v) is 5.87. The topological polar surface area (TPSA) is 52.6 Å². The highest BCUT2D eigenvalue weighted by molar-refractivity contribution is 6.04. The van der Waals surface area contributed by atoms with Gasteiger partial charge in [-0.3, -0.25) is 9.59 Å². The number of hydrogen-bond acceptors (Lipinski definition) is 4. The number of terminal acetylenes is 1. The maximum atomic E-state index is 13.8. The third-order valence-electron chi connectivity index (χ3n) is 5.87. The molecule has 4 nitrogen and oxygen atoms in total. The van der Waals surface area contributed by atoms with E-state index in [9.17, 15) is 9.59 Å². The number of aryl methyl sites for hydroxylation is 1. The molecule has 0 saturated heterocycles. The Hall–Kier alpha value is -4.10. The number of carbonyl (C=O) groups excluding carboxylic acids is 2. The molecule has 0 fully saturated rings. The lowest BCUT2D eigenvalue weighted by molar-refractivity contribution is -0.131. The Morgan fingerprint density at radius 1 is 0.939 bits per heavy atom. The zero-order valence-electron chi connectivity index (χ0n) is 18.6. The predicted octanol–water partition coefficient (Wildman–Crippen LogP) is 5.96. The van der Waals surface area contributed by atoms with Crippen LogP contribution >= 0.6 is 0 Å². The van der Waals surface area contributed by atoms with Gasteiger partial charge in [-0.15, -0.1) is 0 Å². The largest absolute Gasteiger partial charge is 0.426 e. The van der Waals surface area contributed by atoms with Crippen molar-refractivity contribution in [2.24, 2.45) is 5.92 Å². The van der Waals surface area contributed by atoms with E-state index in [1.807, 2.05) is 37.3 Å². The molecule has 0 heterocycles. The molecule has 0 aromatic heterocycles. The van der Waals surface area contributed by atoms with E-state index in [1.54, 1.807) is 24.3 Å². The lowest BCUT2D eigenvalue weighted by Crippen LogP contribution is -2.19. The van der Waals surface area contributed by atoms with E-state index < -0.39 is 11.9 Å². The van der Waals surface area contributed by atoms with E-state index in [2.05, 4.69) is 30.4 Å². The number of ketones is 1. The van der Waals surface area contributed by atoms with E-state index in [4.69, 9.17) is 15.9 Å². The van der Waals surface area contributed by atoms with Crippen molar-refractivity contribution in [1.82, 2.24) is 0 Å². The van der Waals surface area contributed by atoms with Crippen LogP contribution in [-0.2, 0) is 4.79 Å². The van der Waals surface area contributed by atoms with Gasteiger partial charge in [0, 0.05) is 24.3 Å². The molecule has 0 saturated carbocycles. The van der Waals surface area contributed by atoms with Gasteiger partial charge < -0.3 is 9.47 Å². The fourth-order valence-electron chi connectivity index (χ4n) is 4.35. The third kappa shape index (κ3) is 4.73. The lowest BCUT2D eigenvalue weighted by atomic mass is 9.82. The number of ether oxygens (including phenoxy) is 2. The summed E-state index contributed by atoms with van der Waals surface area (Å²) in [5, 5.41) is 0. The normalized spacial score (nSPS) is 17.1. The van der Waals surface area contributed by atoms with Gasteiger partial charge >= 0.3 is 5.97 Å². The van der Waals surface area contributed by atoms with Gasteiger partial charge in [0.15, 0.2) is 5.78 Å². The molecule has 0 aliphatic heterocycles. The van der Waals surface area contributed by atoms with Crippen molar-refractivity contribution in [3.8, 4) is 24.0 Å². The minimum Gasteiger partial charge on any atom is -0.426 e. The quantitative estimate of drug-likeness (QED) is 0.207. The van der Waals surface area contributed by atoms with Crippen LogP contribution in [0.5, 0.6) is 11.5 Å². The smallest absolute Gasteiger partial charge is 0.308 e. The van der Waals surface area contributed by atoms with Crippen LogP contribution < -0.4 is 9.47 Å². The Morgan fingerprint density at radius 3 is 2.30 bits per heavy atom. The molecule has 0 spiro atoms. The van der Waals surface area contributed by atoms with E-state index in [1.165, 1.54) is 12.5 Å². The average molecular weight is 437 g/mol. The molecule has 4 rings (SSSR count). The highest BCUT2D eigenvalue weighted by Gasteiger charge is 2.37. The monoisotopic (exact) mass is 436 g/mol. The van der Waals surface area contributed by atoms with Crippen molar-refractivity contribution in [2.75, 3.05) is 0 Å². The summed E-state index contributed by atoms with van der Waals surface area (Å²) in [5.74, 6) is -0.408. The summed E-state index contributed by atoms with van der Waals surface area (Å²) in [5.41, 5.74) is 4.57. The van der Waals surface area contributed by atoms with E-state index >= 15 is 0 Å². The van der Waals surface area contributed by atoms with Crippen LogP contribution in [0.1, 0.15) is 46.3 Å². The Balaban J connectivity index is 1.79. The summed E-state index contributed by atoms with van der Waals surface area (Å²) in [6.45, 7) is 3.36. The molecule has 2 atom stereocenters.